The summed E-state index contributed by atoms with van der Waals surface area (Å²) in [5, 5.41) is 0. The molecule has 0 aliphatic rings. The Morgan fingerprint density at radius 3 is 2.20 bits per heavy atom. The van der Waals surface area contributed by atoms with E-state index in [-0.39, 0.29) is 11.1 Å². The van der Waals surface area contributed by atoms with Crippen LogP contribution in [-0.2, 0) is 6.18 Å². The molecule has 0 bridgehead atoms. The van der Waals surface area contributed by atoms with Crippen LogP contribution in [0.1, 0.15) is 28.4 Å². The van der Waals surface area contributed by atoms with Crippen molar-refractivity contribution in [2.45, 2.75) is 20.0 Å². The van der Waals surface area contributed by atoms with Gasteiger partial charge in [0.15, 0.2) is 5.78 Å². The van der Waals surface area contributed by atoms with E-state index in [1.165, 1.54) is 0 Å². The molecule has 0 aliphatic carbocycles. The predicted octanol–water partition coefficient (Wildman–Crippen LogP) is 3.36. The Bertz CT molecular complexity index is 407. The van der Waals surface area contributed by atoms with Gasteiger partial charge in [-0.05, 0) is 31.5 Å². The molecule has 0 fully saturated rings. The minimum Gasteiger partial charge on any atom is -0.294 e. The normalized spacial score (nSPS) is 11.6. The Hall–Kier alpha value is -1.39. The van der Waals surface area contributed by atoms with Gasteiger partial charge >= 0.3 is 6.18 Å². The lowest BCUT2D eigenvalue weighted by Crippen LogP contribution is -2.11. The summed E-state index contributed by atoms with van der Waals surface area (Å²) in [6.07, 6.45) is -4.64. The minimum atomic E-state index is -4.64. The first-order chi connectivity index (χ1) is 6.73. The molecule has 1 rings (SSSR count). The van der Waals surface area contributed by atoms with E-state index in [1.807, 2.05) is 0 Å². The quantitative estimate of drug-likeness (QED) is 0.524. The average Bonchev–Trinajstić information content (AvgIpc) is 2.06. The molecular formula is C10H8F4O. The van der Waals surface area contributed by atoms with Gasteiger partial charge in [0.1, 0.15) is 5.82 Å². The van der Waals surface area contributed by atoms with E-state index in [2.05, 4.69) is 0 Å². The lowest BCUT2D eigenvalue weighted by molar-refractivity contribution is -0.138. The maximum absolute atomic E-state index is 12.8. The second-order valence-corrected chi connectivity index (χ2v) is 3.18. The van der Waals surface area contributed by atoms with Crippen LogP contribution in [-0.4, -0.2) is 5.78 Å². The summed E-state index contributed by atoms with van der Waals surface area (Å²) in [6.45, 7) is 2.25. The van der Waals surface area contributed by atoms with Gasteiger partial charge in [0.2, 0.25) is 0 Å². The summed E-state index contributed by atoms with van der Waals surface area (Å²) < 4.78 is 50.0. The zero-order chi connectivity index (χ0) is 11.8. The van der Waals surface area contributed by atoms with Gasteiger partial charge in [-0.25, -0.2) is 4.39 Å². The van der Waals surface area contributed by atoms with Crippen LogP contribution >= 0.6 is 0 Å². The average molecular weight is 220 g/mol. The Labute approximate surface area is 83.7 Å². The SMILES string of the molecule is CC(=O)c1cc(F)cc(C(F)(F)F)c1C. The van der Waals surface area contributed by atoms with Gasteiger partial charge < -0.3 is 0 Å². The molecule has 5 heteroatoms. The van der Waals surface area contributed by atoms with Crippen LogP contribution in [0.3, 0.4) is 0 Å². The second kappa shape index (κ2) is 3.64. The van der Waals surface area contributed by atoms with E-state index in [0.29, 0.717) is 6.07 Å². The van der Waals surface area contributed by atoms with E-state index in [4.69, 9.17) is 0 Å². The third-order valence-electron chi connectivity index (χ3n) is 2.06. The lowest BCUT2D eigenvalue weighted by atomic mass is 9.99. The molecule has 0 spiro atoms. The first-order valence-electron chi connectivity index (χ1n) is 4.11. The van der Waals surface area contributed by atoms with Crippen LogP contribution in [0, 0.1) is 12.7 Å². The fraction of sp³-hybridized carbons (Fsp3) is 0.300. The first-order valence-corrected chi connectivity index (χ1v) is 4.11. The molecule has 0 aromatic heterocycles. The Morgan fingerprint density at radius 1 is 1.27 bits per heavy atom. The molecule has 0 radical (unpaired) electrons. The molecule has 0 heterocycles. The van der Waals surface area contributed by atoms with E-state index in [0.717, 1.165) is 19.9 Å². The third-order valence-corrected chi connectivity index (χ3v) is 2.06. The first kappa shape index (κ1) is 11.7. The topological polar surface area (TPSA) is 17.1 Å². The summed E-state index contributed by atoms with van der Waals surface area (Å²) in [6, 6.07) is 1.20. The molecule has 1 aromatic carbocycles. The van der Waals surface area contributed by atoms with E-state index >= 15 is 0 Å². The number of benzene rings is 1. The van der Waals surface area contributed by atoms with Crippen molar-refractivity contribution in [1.29, 1.82) is 0 Å². The van der Waals surface area contributed by atoms with Crippen molar-refractivity contribution in [1.82, 2.24) is 0 Å². The molecule has 0 amide bonds. The third kappa shape index (κ3) is 2.34. The smallest absolute Gasteiger partial charge is 0.294 e. The number of Topliss-reactive ketones (excluding diaryl/α,β-unsaturated/α-hetero) is 1. The highest BCUT2D eigenvalue weighted by molar-refractivity contribution is 5.95. The van der Waals surface area contributed by atoms with Crippen LogP contribution in [0.2, 0.25) is 0 Å². The monoisotopic (exact) mass is 220 g/mol. The van der Waals surface area contributed by atoms with Crippen molar-refractivity contribution >= 4 is 5.78 Å². The molecule has 0 saturated heterocycles. The second-order valence-electron chi connectivity index (χ2n) is 3.18. The van der Waals surface area contributed by atoms with Crippen molar-refractivity contribution in [3.63, 3.8) is 0 Å². The van der Waals surface area contributed by atoms with Gasteiger partial charge in [-0.1, -0.05) is 0 Å². The van der Waals surface area contributed by atoms with Gasteiger partial charge in [0.05, 0.1) is 5.56 Å². The molecule has 1 aromatic rings. The van der Waals surface area contributed by atoms with Crippen molar-refractivity contribution < 1.29 is 22.4 Å². The molecule has 0 atom stereocenters. The standard InChI is InChI=1S/C10H8F4O/c1-5-8(6(2)15)3-7(11)4-9(5)10(12,13)14/h3-4H,1-2H3. The maximum Gasteiger partial charge on any atom is 0.416 e. The number of alkyl halides is 3. The fourth-order valence-electron chi connectivity index (χ4n) is 1.34. The van der Waals surface area contributed by atoms with Crippen LogP contribution in [0.4, 0.5) is 17.6 Å². The maximum atomic E-state index is 12.8. The number of carbonyl (C=O) groups is 1. The van der Waals surface area contributed by atoms with Crippen molar-refractivity contribution in [2.75, 3.05) is 0 Å². The molecule has 0 N–H and O–H groups in total. The van der Waals surface area contributed by atoms with E-state index in [1.54, 1.807) is 0 Å². The summed E-state index contributed by atoms with van der Waals surface area (Å²) in [5.74, 6) is -1.64. The molecule has 82 valence electrons. The number of carbonyl (C=O) groups excluding carboxylic acids is 1. The van der Waals surface area contributed by atoms with Crippen LogP contribution in [0.15, 0.2) is 12.1 Å². The summed E-state index contributed by atoms with van der Waals surface area (Å²) >= 11 is 0. The largest absolute Gasteiger partial charge is 0.416 e. The van der Waals surface area contributed by atoms with E-state index < -0.39 is 23.3 Å². The summed E-state index contributed by atoms with van der Waals surface area (Å²) in [7, 11) is 0. The number of hydrogen-bond acceptors (Lipinski definition) is 1. The lowest BCUT2D eigenvalue weighted by Gasteiger charge is -2.12. The highest BCUT2D eigenvalue weighted by Gasteiger charge is 2.34. The van der Waals surface area contributed by atoms with Crippen molar-refractivity contribution in [3.05, 3.63) is 34.6 Å². The Balaban J connectivity index is 3.49. The van der Waals surface area contributed by atoms with Crippen LogP contribution in [0.5, 0.6) is 0 Å². The summed E-state index contributed by atoms with van der Waals surface area (Å²) in [5.41, 5.74) is -1.58. The van der Waals surface area contributed by atoms with Gasteiger partial charge in [-0.2, -0.15) is 13.2 Å². The number of halogens is 4. The van der Waals surface area contributed by atoms with E-state index in [9.17, 15) is 22.4 Å². The molecule has 15 heavy (non-hydrogen) atoms. The number of hydrogen-bond donors (Lipinski definition) is 0. The van der Waals surface area contributed by atoms with Crippen molar-refractivity contribution in [2.24, 2.45) is 0 Å². The van der Waals surface area contributed by atoms with Gasteiger partial charge in [0, 0.05) is 5.56 Å². The van der Waals surface area contributed by atoms with Gasteiger partial charge in [-0.3, -0.25) is 4.79 Å². The van der Waals surface area contributed by atoms with Crippen LogP contribution < -0.4 is 0 Å². The molecule has 0 aliphatic heterocycles. The zero-order valence-corrected chi connectivity index (χ0v) is 8.07. The number of rotatable bonds is 1. The van der Waals surface area contributed by atoms with Crippen molar-refractivity contribution in [3.8, 4) is 0 Å². The summed E-state index contributed by atoms with van der Waals surface area (Å²) in [4.78, 5) is 11.0. The number of ketones is 1. The van der Waals surface area contributed by atoms with Crippen LogP contribution in [0.25, 0.3) is 0 Å². The van der Waals surface area contributed by atoms with Gasteiger partial charge in [0.25, 0.3) is 0 Å². The Kier molecular flexibility index (Phi) is 2.83. The Morgan fingerprint density at radius 2 is 1.80 bits per heavy atom. The molecular weight excluding hydrogens is 212 g/mol. The zero-order valence-electron chi connectivity index (χ0n) is 8.07. The predicted molar refractivity (Wildman–Crippen MR) is 46.1 cm³/mol. The highest BCUT2D eigenvalue weighted by Crippen LogP contribution is 2.33. The van der Waals surface area contributed by atoms with Gasteiger partial charge in [-0.15, -0.1) is 0 Å². The molecule has 0 saturated carbocycles. The highest BCUT2D eigenvalue weighted by atomic mass is 19.4. The molecule has 0 unspecified atom stereocenters. The fourth-order valence-corrected chi connectivity index (χ4v) is 1.34. The minimum absolute atomic E-state index is 0.234. The molecule has 1 nitrogen and oxygen atoms in total.